The molecule has 60 heavy (non-hydrogen) atoms. The number of unbranched alkanes of at least 4 members (excludes halogenated alkanes) is 1. The molecular weight excluding hydrogens is 755 g/mol. The highest BCUT2D eigenvalue weighted by Crippen LogP contribution is 2.45. The molecule has 0 saturated carbocycles. The topological polar surface area (TPSA) is 132 Å². The number of amides is 3. The van der Waals surface area contributed by atoms with Gasteiger partial charge in [-0.2, -0.15) is 0 Å². The van der Waals surface area contributed by atoms with Gasteiger partial charge in [-0.25, -0.2) is 9.59 Å². The monoisotopic (exact) mass is 809 g/mol. The average molecular weight is 810 g/mol. The summed E-state index contributed by atoms with van der Waals surface area (Å²) in [6.45, 7) is 5.88. The van der Waals surface area contributed by atoms with E-state index < -0.39 is 41.3 Å². The summed E-state index contributed by atoms with van der Waals surface area (Å²) in [4.78, 5) is 53.8. The molecule has 312 valence electrons. The number of alkyl carbamates (subject to hydrolysis) is 1. The van der Waals surface area contributed by atoms with Gasteiger partial charge in [0.2, 0.25) is 11.8 Å². The van der Waals surface area contributed by atoms with Crippen LogP contribution < -0.4 is 16.0 Å². The zero-order valence-corrected chi connectivity index (χ0v) is 34.8. The number of hydrogen-bond donors (Lipinski definition) is 3. The second kappa shape index (κ2) is 20.1. The minimum Gasteiger partial charge on any atom is -0.467 e. The quantitative estimate of drug-likeness (QED) is 0.0460. The Bertz CT molecular complexity index is 2060. The Morgan fingerprint density at radius 2 is 1.15 bits per heavy atom. The van der Waals surface area contributed by atoms with Crippen molar-refractivity contribution in [3.63, 3.8) is 0 Å². The van der Waals surface area contributed by atoms with Crippen LogP contribution in [0.3, 0.4) is 0 Å². The number of esters is 1. The molecule has 0 aliphatic heterocycles. The van der Waals surface area contributed by atoms with Gasteiger partial charge in [0.15, 0.2) is 0 Å². The Morgan fingerprint density at radius 3 is 1.65 bits per heavy atom. The first-order chi connectivity index (χ1) is 29.0. The summed E-state index contributed by atoms with van der Waals surface area (Å²) in [5.74, 6) is -1.55. The molecular formula is C50H55N3O7. The van der Waals surface area contributed by atoms with Crippen molar-refractivity contribution >= 4 is 23.9 Å². The van der Waals surface area contributed by atoms with E-state index in [1.165, 1.54) is 7.11 Å². The first-order valence-electron chi connectivity index (χ1n) is 20.6. The Labute approximate surface area is 353 Å². The summed E-state index contributed by atoms with van der Waals surface area (Å²) in [6, 6.07) is 44.9. The van der Waals surface area contributed by atoms with Crippen LogP contribution in [0.4, 0.5) is 4.79 Å². The van der Waals surface area contributed by atoms with Crippen molar-refractivity contribution in [2.45, 2.75) is 82.1 Å². The molecule has 10 nitrogen and oxygen atoms in total. The molecule has 5 aromatic rings. The Hall–Kier alpha value is -6.26. The van der Waals surface area contributed by atoms with Crippen LogP contribution in [-0.4, -0.2) is 61.9 Å². The Morgan fingerprint density at radius 1 is 0.650 bits per heavy atom. The van der Waals surface area contributed by atoms with Crippen molar-refractivity contribution in [1.29, 1.82) is 0 Å². The lowest BCUT2D eigenvalue weighted by molar-refractivity contribution is -0.147. The number of carbonyl (C=O) groups is 4. The van der Waals surface area contributed by atoms with Gasteiger partial charge >= 0.3 is 12.1 Å². The molecule has 0 radical (unpaired) electrons. The van der Waals surface area contributed by atoms with Gasteiger partial charge in [0.05, 0.1) is 13.7 Å². The van der Waals surface area contributed by atoms with Crippen LogP contribution in [0.2, 0.25) is 0 Å². The second-order valence-corrected chi connectivity index (χ2v) is 16.0. The summed E-state index contributed by atoms with van der Waals surface area (Å²) in [5.41, 5.74) is 5.41. The van der Waals surface area contributed by atoms with E-state index in [4.69, 9.17) is 14.2 Å². The predicted octanol–water partition coefficient (Wildman–Crippen LogP) is 8.43. The van der Waals surface area contributed by atoms with Crippen molar-refractivity contribution in [2.75, 3.05) is 20.3 Å². The molecule has 0 aromatic heterocycles. The normalized spacial score (nSPS) is 13.3. The number of nitrogens with one attached hydrogen (secondary N) is 3. The summed E-state index contributed by atoms with van der Waals surface area (Å²) >= 11 is 0. The van der Waals surface area contributed by atoms with Crippen molar-refractivity contribution in [3.05, 3.63) is 167 Å². The van der Waals surface area contributed by atoms with Gasteiger partial charge in [0.1, 0.15) is 23.3 Å². The molecule has 0 fully saturated rings. The molecule has 0 bridgehead atoms. The number of benzene rings is 5. The molecule has 0 heterocycles. The van der Waals surface area contributed by atoms with Gasteiger partial charge in [-0.05, 0) is 85.4 Å². The van der Waals surface area contributed by atoms with E-state index in [0.717, 1.165) is 38.9 Å². The molecule has 0 unspecified atom stereocenters. The number of ether oxygens (including phenoxy) is 3. The molecule has 1 aliphatic carbocycles. The maximum absolute atomic E-state index is 14.4. The average Bonchev–Trinajstić information content (AvgIpc) is 3.58. The van der Waals surface area contributed by atoms with Crippen LogP contribution >= 0.6 is 0 Å². The van der Waals surface area contributed by atoms with Gasteiger partial charge in [0, 0.05) is 18.9 Å². The van der Waals surface area contributed by atoms with E-state index in [0.29, 0.717) is 19.4 Å². The highest BCUT2D eigenvalue weighted by Gasteiger charge is 2.38. The van der Waals surface area contributed by atoms with Crippen molar-refractivity contribution in [3.8, 4) is 11.1 Å². The maximum Gasteiger partial charge on any atom is 0.407 e. The number of rotatable bonds is 18. The van der Waals surface area contributed by atoms with Gasteiger partial charge in [-0.1, -0.05) is 140 Å². The first kappa shape index (κ1) is 43.3. The fourth-order valence-corrected chi connectivity index (χ4v) is 7.89. The SMILES string of the molecule is COC(=O)[C@@H](CCCCNC(=O)OC(C)(C)C)NC(=O)[C@@H](CCC(=O)NC(c1ccccc1)(c1ccccc1)c1ccccc1)OCC1c2ccccc2-c2ccccc21. The third-order valence-electron chi connectivity index (χ3n) is 10.7. The van der Waals surface area contributed by atoms with Crippen LogP contribution in [0.1, 0.15) is 86.6 Å². The summed E-state index contributed by atoms with van der Waals surface area (Å²) < 4.78 is 17.0. The lowest BCUT2D eigenvalue weighted by atomic mass is 9.77. The molecule has 6 rings (SSSR count). The molecule has 3 N–H and O–H groups in total. The fourth-order valence-electron chi connectivity index (χ4n) is 7.89. The summed E-state index contributed by atoms with van der Waals surface area (Å²) in [6.07, 6.45) is -0.325. The molecule has 5 aromatic carbocycles. The Balaban J connectivity index is 1.22. The van der Waals surface area contributed by atoms with Crippen molar-refractivity contribution in [1.82, 2.24) is 16.0 Å². The third-order valence-corrected chi connectivity index (χ3v) is 10.7. The lowest BCUT2D eigenvalue weighted by Crippen LogP contribution is -2.49. The highest BCUT2D eigenvalue weighted by molar-refractivity contribution is 5.88. The first-order valence-corrected chi connectivity index (χ1v) is 20.6. The van der Waals surface area contributed by atoms with E-state index in [-0.39, 0.29) is 37.7 Å². The summed E-state index contributed by atoms with van der Waals surface area (Å²) in [5, 5.41) is 8.99. The van der Waals surface area contributed by atoms with Gasteiger partial charge in [0.25, 0.3) is 0 Å². The molecule has 0 spiro atoms. The van der Waals surface area contributed by atoms with Crippen LogP contribution in [0.25, 0.3) is 11.1 Å². The van der Waals surface area contributed by atoms with Crippen LogP contribution in [-0.2, 0) is 34.1 Å². The number of methoxy groups -OCH3 is 1. The zero-order valence-electron chi connectivity index (χ0n) is 34.8. The van der Waals surface area contributed by atoms with E-state index in [1.54, 1.807) is 20.8 Å². The van der Waals surface area contributed by atoms with E-state index in [2.05, 4.69) is 40.2 Å². The smallest absolute Gasteiger partial charge is 0.407 e. The fraction of sp³-hybridized carbons (Fsp3) is 0.320. The Kier molecular flexibility index (Phi) is 14.5. The van der Waals surface area contributed by atoms with E-state index in [9.17, 15) is 19.2 Å². The minimum atomic E-state index is -1.09. The third kappa shape index (κ3) is 10.7. The molecule has 2 atom stereocenters. The summed E-state index contributed by atoms with van der Waals surface area (Å²) in [7, 11) is 1.28. The van der Waals surface area contributed by atoms with E-state index in [1.807, 2.05) is 115 Å². The lowest BCUT2D eigenvalue weighted by Gasteiger charge is -2.37. The van der Waals surface area contributed by atoms with Crippen LogP contribution in [0.15, 0.2) is 140 Å². The number of hydrogen-bond acceptors (Lipinski definition) is 7. The van der Waals surface area contributed by atoms with Gasteiger partial charge in [-0.15, -0.1) is 0 Å². The van der Waals surface area contributed by atoms with Crippen LogP contribution in [0, 0.1) is 0 Å². The maximum atomic E-state index is 14.4. The second-order valence-electron chi connectivity index (χ2n) is 16.0. The molecule has 0 saturated heterocycles. The van der Waals surface area contributed by atoms with Crippen molar-refractivity contribution < 1.29 is 33.4 Å². The van der Waals surface area contributed by atoms with Crippen LogP contribution in [0.5, 0.6) is 0 Å². The molecule has 3 amide bonds. The van der Waals surface area contributed by atoms with Gasteiger partial charge < -0.3 is 30.2 Å². The molecule has 10 heteroatoms. The van der Waals surface area contributed by atoms with Crippen molar-refractivity contribution in [2.24, 2.45) is 0 Å². The zero-order chi connectivity index (χ0) is 42.5. The van der Waals surface area contributed by atoms with Gasteiger partial charge in [-0.3, -0.25) is 9.59 Å². The predicted molar refractivity (Wildman–Crippen MR) is 232 cm³/mol. The highest BCUT2D eigenvalue weighted by atomic mass is 16.6. The van der Waals surface area contributed by atoms with E-state index >= 15 is 0 Å². The number of carbonyl (C=O) groups excluding carboxylic acids is 4. The standard InChI is InChI=1S/C50H55N3O7/c1-49(2,3)60-48(57)51-33-19-18-30-43(47(56)58-4)52-46(55)44(59-34-42-40-28-16-14-26-38(40)39-27-15-17-29-41(39)42)31-32-45(54)53-50(35-20-8-5-9-21-35,36-22-10-6-11-23-36)37-24-12-7-13-25-37/h5-17,20-29,42-44H,18-19,30-34H2,1-4H3,(H,51,57)(H,52,55)(H,53,54)/t43-,44-/m1/s1. The number of fused-ring (bicyclic) bond motifs is 3. The largest absolute Gasteiger partial charge is 0.467 e. The minimum absolute atomic E-state index is 0.0375. The molecule has 1 aliphatic rings.